The Bertz CT molecular complexity index is 1230. The number of benzene rings is 2. The van der Waals surface area contributed by atoms with E-state index in [0.29, 0.717) is 33.1 Å². The van der Waals surface area contributed by atoms with E-state index in [1.165, 1.54) is 6.20 Å². The first-order valence-electron chi connectivity index (χ1n) is 8.62. The van der Waals surface area contributed by atoms with E-state index in [4.69, 9.17) is 27.8 Å². The highest BCUT2D eigenvalue weighted by molar-refractivity contribution is 7.77. The molecule has 2 aromatic carbocycles. The Morgan fingerprint density at radius 2 is 1.97 bits per heavy atom. The number of hydrogen-bond donors (Lipinski definition) is 5. The number of hydrogen-bond acceptors (Lipinski definition) is 6. The fourth-order valence-corrected chi connectivity index (χ4v) is 3.38. The Hall–Kier alpha value is -2.76. The third kappa shape index (κ3) is 4.69. The molecule has 0 fully saturated rings. The molecule has 2 heterocycles. The van der Waals surface area contributed by atoms with E-state index in [9.17, 15) is 4.21 Å². The maximum absolute atomic E-state index is 10.9. The molecule has 0 aliphatic carbocycles. The molecule has 0 bridgehead atoms. The van der Waals surface area contributed by atoms with Gasteiger partial charge in [-0.2, -0.15) is 10.1 Å². The average molecular weight is 464 g/mol. The zero-order chi connectivity index (χ0) is 21.1. The van der Waals surface area contributed by atoms with Gasteiger partial charge in [-0.25, -0.2) is 13.9 Å². The van der Waals surface area contributed by atoms with Crippen molar-refractivity contribution in [3.63, 3.8) is 0 Å². The van der Waals surface area contributed by atoms with Gasteiger partial charge in [0.25, 0.3) is 0 Å². The van der Waals surface area contributed by atoms with E-state index in [-0.39, 0.29) is 6.54 Å². The maximum atomic E-state index is 10.9. The van der Waals surface area contributed by atoms with Crippen LogP contribution in [0.1, 0.15) is 5.56 Å². The second kappa shape index (κ2) is 8.94. The van der Waals surface area contributed by atoms with Crippen LogP contribution in [-0.4, -0.2) is 28.9 Å². The summed E-state index contributed by atoms with van der Waals surface area (Å²) in [4.78, 5) is 8.64. The standard InChI is InChI=1S/C18H15Cl2N7O2S/c19-13-9-21-18(23-11-5-6-12-15(7-11)26-27-16(12)20)25-17(13)24-14-4-2-1-3-10(14)8-22-30(28)29/h1-7,9,22H,8H2,(H,26,27)(H,28,29)(H2,21,23,24,25). The Balaban J connectivity index is 1.57. The highest BCUT2D eigenvalue weighted by Gasteiger charge is 2.10. The molecule has 0 amide bonds. The van der Waals surface area contributed by atoms with E-state index in [2.05, 4.69) is 35.5 Å². The number of anilines is 4. The molecule has 1 unspecified atom stereocenters. The van der Waals surface area contributed by atoms with Crippen LogP contribution >= 0.6 is 23.2 Å². The zero-order valence-electron chi connectivity index (χ0n) is 15.2. The minimum atomic E-state index is -2.12. The summed E-state index contributed by atoms with van der Waals surface area (Å²) in [5.41, 5.74) is 2.90. The lowest BCUT2D eigenvalue weighted by Gasteiger charge is -2.13. The Labute approximate surface area is 183 Å². The minimum absolute atomic E-state index is 0.187. The highest BCUT2D eigenvalue weighted by atomic mass is 35.5. The van der Waals surface area contributed by atoms with Gasteiger partial charge in [-0.05, 0) is 29.8 Å². The first-order chi connectivity index (χ1) is 14.5. The second-order valence-electron chi connectivity index (χ2n) is 6.14. The molecule has 0 radical (unpaired) electrons. The number of nitrogens with zero attached hydrogens (tertiary/aromatic N) is 3. The SMILES string of the molecule is O=S(O)NCc1ccccc1Nc1nc(Nc2ccc3c(Cl)[nH]nc3c2)ncc1Cl. The summed E-state index contributed by atoms with van der Waals surface area (Å²) in [5.74, 6) is 0.714. The number of rotatable bonds is 7. The molecule has 154 valence electrons. The summed E-state index contributed by atoms with van der Waals surface area (Å²) in [6.45, 7) is 0.187. The predicted molar refractivity (Wildman–Crippen MR) is 119 cm³/mol. The van der Waals surface area contributed by atoms with E-state index in [1.54, 1.807) is 0 Å². The van der Waals surface area contributed by atoms with Gasteiger partial charge in [0.1, 0.15) is 10.2 Å². The Morgan fingerprint density at radius 1 is 1.13 bits per heavy atom. The number of aromatic amines is 1. The zero-order valence-corrected chi connectivity index (χ0v) is 17.5. The first-order valence-corrected chi connectivity index (χ1v) is 10.5. The fourth-order valence-electron chi connectivity index (χ4n) is 2.76. The number of aromatic nitrogens is 4. The molecule has 0 aliphatic rings. The molecule has 2 aromatic heterocycles. The van der Waals surface area contributed by atoms with Crippen molar-refractivity contribution in [3.05, 3.63) is 64.4 Å². The number of halogens is 2. The van der Waals surface area contributed by atoms with E-state index < -0.39 is 11.3 Å². The minimum Gasteiger partial charge on any atom is -0.339 e. The van der Waals surface area contributed by atoms with Gasteiger partial charge in [0.05, 0.1) is 11.7 Å². The molecular weight excluding hydrogens is 449 g/mol. The molecule has 9 nitrogen and oxygen atoms in total. The molecule has 0 aliphatic heterocycles. The first kappa shape index (κ1) is 20.5. The molecule has 1 atom stereocenters. The lowest BCUT2D eigenvalue weighted by molar-refractivity contribution is 0.549. The summed E-state index contributed by atoms with van der Waals surface area (Å²) in [5, 5.41) is 14.7. The quantitative estimate of drug-likeness (QED) is 0.257. The Kier molecular flexibility index (Phi) is 6.11. The molecule has 4 rings (SSSR count). The van der Waals surface area contributed by atoms with Crippen LogP contribution in [0.4, 0.5) is 23.1 Å². The van der Waals surface area contributed by atoms with Gasteiger partial charge in [-0.15, -0.1) is 0 Å². The largest absolute Gasteiger partial charge is 0.339 e. The Morgan fingerprint density at radius 3 is 2.80 bits per heavy atom. The average Bonchev–Trinajstić information content (AvgIpc) is 3.10. The van der Waals surface area contributed by atoms with Crippen LogP contribution in [0.15, 0.2) is 48.7 Å². The van der Waals surface area contributed by atoms with Gasteiger partial charge in [0.15, 0.2) is 5.82 Å². The van der Waals surface area contributed by atoms with Gasteiger partial charge < -0.3 is 10.6 Å². The van der Waals surface area contributed by atoms with Gasteiger partial charge >= 0.3 is 0 Å². The van der Waals surface area contributed by atoms with Crippen molar-refractivity contribution in [1.29, 1.82) is 0 Å². The van der Waals surface area contributed by atoms with Crippen molar-refractivity contribution in [1.82, 2.24) is 24.9 Å². The monoisotopic (exact) mass is 463 g/mol. The summed E-state index contributed by atoms with van der Waals surface area (Å²) in [6, 6.07) is 12.8. The van der Waals surface area contributed by atoms with Crippen LogP contribution in [0.2, 0.25) is 10.2 Å². The summed E-state index contributed by atoms with van der Waals surface area (Å²) in [7, 11) is 0. The predicted octanol–water partition coefficient (Wildman–Crippen LogP) is 4.37. The van der Waals surface area contributed by atoms with Crippen LogP contribution in [0.25, 0.3) is 10.9 Å². The molecule has 0 spiro atoms. The van der Waals surface area contributed by atoms with Crippen LogP contribution in [0.3, 0.4) is 0 Å². The molecule has 0 saturated heterocycles. The number of para-hydroxylation sites is 1. The molecule has 4 aromatic rings. The van der Waals surface area contributed by atoms with Crippen LogP contribution in [-0.2, 0) is 17.8 Å². The van der Waals surface area contributed by atoms with Crippen molar-refractivity contribution < 1.29 is 8.76 Å². The molecule has 0 saturated carbocycles. The van der Waals surface area contributed by atoms with Gasteiger partial charge in [0, 0.05) is 23.3 Å². The maximum Gasteiger partial charge on any atom is 0.232 e. The van der Waals surface area contributed by atoms with Crippen molar-refractivity contribution in [2.24, 2.45) is 0 Å². The third-order valence-electron chi connectivity index (χ3n) is 4.17. The molecular formula is C18H15Cl2N7O2S. The van der Waals surface area contributed by atoms with Crippen molar-refractivity contribution in [2.45, 2.75) is 6.54 Å². The van der Waals surface area contributed by atoms with Crippen LogP contribution in [0.5, 0.6) is 0 Å². The second-order valence-corrected chi connectivity index (χ2v) is 7.71. The van der Waals surface area contributed by atoms with Gasteiger partial charge in [0.2, 0.25) is 17.2 Å². The molecule has 12 heteroatoms. The van der Waals surface area contributed by atoms with Gasteiger partial charge in [-0.1, -0.05) is 41.4 Å². The van der Waals surface area contributed by atoms with Crippen LogP contribution in [0, 0.1) is 0 Å². The van der Waals surface area contributed by atoms with E-state index in [0.717, 1.165) is 16.6 Å². The van der Waals surface area contributed by atoms with Gasteiger partial charge in [-0.3, -0.25) is 9.65 Å². The van der Waals surface area contributed by atoms with E-state index in [1.807, 2.05) is 42.5 Å². The smallest absolute Gasteiger partial charge is 0.232 e. The van der Waals surface area contributed by atoms with Crippen molar-refractivity contribution in [3.8, 4) is 0 Å². The van der Waals surface area contributed by atoms with E-state index >= 15 is 0 Å². The van der Waals surface area contributed by atoms with Crippen molar-refractivity contribution >= 4 is 68.5 Å². The summed E-state index contributed by atoms with van der Waals surface area (Å²) < 4.78 is 22.3. The normalized spacial score (nSPS) is 12.1. The summed E-state index contributed by atoms with van der Waals surface area (Å²) >= 11 is 10.2. The molecule has 5 N–H and O–H groups in total. The van der Waals surface area contributed by atoms with Crippen LogP contribution < -0.4 is 15.4 Å². The number of nitrogens with one attached hydrogen (secondary N) is 4. The fraction of sp³-hybridized carbons (Fsp3) is 0.0556. The number of fused-ring (bicyclic) bond motifs is 1. The third-order valence-corrected chi connectivity index (χ3v) is 5.12. The van der Waals surface area contributed by atoms with Crippen molar-refractivity contribution in [2.75, 3.05) is 10.6 Å². The lowest BCUT2D eigenvalue weighted by Crippen LogP contribution is -2.16. The molecule has 30 heavy (non-hydrogen) atoms. The summed E-state index contributed by atoms with van der Waals surface area (Å²) in [6.07, 6.45) is 1.48. The highest BCUT2D eigenvalue weighted by Crippen LogP contribution is 2.28. The number of H-pyrrole nitrogens is 1. The topological polar surface area (TPSA) is 128 Å². The lowest BCUT2D eigenvalue weighted by atomic mass is 10.2.